The molecule has 0 aliphatic heterocycles. The van der Waals surface area contributed by atoms with Gasteiger partial charge in [0.25, 0.3) is 0 Å². The molecule has 0 radical (unpaired) electrons. The molecule has 0 bridgehead atoms. The summed E-state index contributed by atoms with van der Waals surface area (Å²) in [6.45, 7) is 0. The maximum absolute atomic E-state index is 11.5. The molecule has 0 saturated heterocycles. The summed E-state index contributed by atoms with van der Waals surface area (Å²) in [6, 6.07) is 14.4. The third-order valence-electron chi connectivity index (χ3n) is 2.13. The third-order valence-corrected chi connectivity index (χ3v) is 2.13. The van der Waals surface area contributed by atoms with Gasteiger partial charge in [-0.1, -0.05) is 24.3 Å². The summed E-state index contributed by atoms with van der Waals surface area (Å²) in [7, 11) is 0. The van der Waals surface area contributed by atoms with Gasteiger partial charge in [-0.15, -0.1) is 5.43 Å². The molecule has 5 nitrogen and oxygen atoms in total. The van der Waals surface area contributed by atoms with Crippen LogP contribution in [0, 0.1) is 0 Å². The molecule has 2 N–H and O–H groups in total. The molecule has 0 unspecified atom stereocenters. The maximum Gasteiger partial charge on any atom is 0.358 e. The number of nitrogens with zero attached hydrogens (tertiary/aromatic N) is 2. The molecule has 0 aliphatic carbocycles. The highest BCUT2D eigenvalue weighted by atomic mass is 16.2. The summed E-state index contributed by atoms with van der Waals surface area (Å²) in [5.74, 6) is 0. The van der Waals surface area contributed by atoms with Gasteiger partial charge in [-0.05, 0) is 24.3 Å². The van der Waals surface area contributed by atoms with Gasteiger partial charge in [0, 0.05) is 10.8 Å². The Morgan fingerprint density at radius 3 is 2.44 bits per heavy atom. The first-order valence-electron chi connectivity index (χ1n) is 5.45. The summed E-state index contributed by atoms with van der Waals surface area (Å²) < 4.78 is 1.72. The van der Waals surface area contributed by atoms with E-state index in [4.69, 9.17) is 0 Å². The van der Waals surface area contributed by atoms with Gasteiger partial charge >= 0.3 is 12.4 Å². The second kappa shape index (κ2) is 6.15. The van der Waals surface area contributed by atoms with E-state index in [1.165, 1.54) is 6.34 Å². The van der Waals surface area contributed by atoms with Crippen LogP contribution in [0.4, 0.5) is 10.5 Å². The van der Waals surface area contributed by atoms with Crippen molar-refractivity contribution in [2.24, 2.45) is 5.10 Å². The Bertz CT molecular complexity index is 525. The Hall–Kier alpha value is -2.69. The number of carbonyl (C=O) groups is 1. The van der Waals surface area contributed by atoms with Crippen molar-refractivity contribution in [1.29, 1.82) is 0 Å². The number of hydrazone groups is 1. The van der Waals surface area contributed by atoms with Crippen molar-refractivity contribution in [1.82, 2.24) is 5.43 Å². The molecule has 5 heteroatoms. The highest BCUT2D eigenvalue weighted by molar-refractivity contribution is 5.89. The van der Waals surface area contributed by atoms with E-state index >= 15 is 0 Å². The van der Waals surface area contributed by atoms with Crippen molar-refractivity contribution < 1.29 is 9.36 Å². The Morgan fingerprint density at radius 2 is 1.72 bits per heavy atom. The number of urea groups is 1. The monoisotopic (exact) mass is 241 g/mol. The zero-order valence-corrected chi connectivity index (χ0v) is 9.65. The number of carbonyl (C=O) groups excluding carboxylic acids is 1. The second-order valence-corrected chi connectivity index (χ2v) is 3.50. The zero-order chi connectivity index (χ0) is 12.6. The molecule has 2 amide bonds. The third kappa shape index (κ3) is 3.71. The highest BCUT2D eigenvalue weighted by Crippen LogP contribution is 2.03. The fourth-order valence-electron chi connectivity index (χ4n) is 1.32. The topological polar surface area (TPSA) is 57.4 Å². The lowest BCUT2D eigenvalue weighted by molar-refractivity contribution is -0.546. The van der Waals surface area contributed by atoms with Crippen molar-refractivity contribution >= 4 is 18.1 Å². The minimum absolute atomic E-state index is 0.381. The van der Waals surface area contributed by atoms with Crippen LogP contribution in [0.25, 0.3) is 0 Å². The van der Waals surface area contributed by atoms with Gasteiger partial charge in [0.2, 0.25) is 0 Å². The normalized spacial score (nSPS) is 10.2. The number of rotatable bonds is 3. The van der Waals surface area contributed by atoms with Crippen LogP contribution < -0.4 is 15.3 Å². The molecule has 0 saturated carbocycles. The van der Waals surface area contributed by atoms with Gasteiger partial charge in [0.15, 0.2) is 0 Å². The van der Waals surface area contributed by atoms with Crippen LogP contribution in [0.15, 0.2) is 66.0 Å². The van der Waals surface area contributed by atoms with Crippen molar-refractivity contribution in [3.05, 3.63) is 60.9 Å². The standard InChI is InChI=1S/C13H12N4O/c18-13(15-12-7-3-1-4-8-12)16-14-11-17-9-5-2-6-10-17/h1-11H,(H-,15,16,18)/p+1. The summed E-state index contributed by atoms with van der Waals surface area (Å²) >= 11 is 0. The van der Waals surface area contributed by atoms with Crippen LogP contribution in [0.2, 0.25) is 0 Å². The Kier molecular flexibility index (Phi) is 4.02. The Morgan fingerprint density at radius 1 is 1.06 bits per heavy atom. The first-order chi connectivity index (χ1) is 8.84. The second-order valence-electron chi connectivity index (χ2n) is 3.50. The fraction of sp³-hybridized carbons (Fsp3) is 0. The van der Waals surface area contributed by atoms with Crippen molar-refractivity contribution in [2.75, 3.05) is 5.32 Å². The van der Waals surface area contributed by atoms with Crippen LogP contribution in [-0.4, -0.2) is 12.4 Å². The fourth-order valence-corrected chi connectivity index (χ4v) is 1.32. The largest absolute Gasteiger partial charge is 0.358 e. The molecule has 0 fully saturated rings. The van der Waals surface area contributed by atoms with E-state index < -0.39 is 0 Å². The molecule has 0 atom stereocenters. The van der Waals surface area contributed by atoms with Gasteiger partial charge in [-0.25, -0.2) is 9.36 Å². The lowest BCUT2D eigenvalue weighted by atomic mass is 10.3. The molecule has 2 rings (SSSR count). The average molecular weight is 241 g/mol. The number of anilines is 1. The number of aromatic nitrogens is 1. The molecular formula is C13H13N4O+. The van der Waals surface area contributed by atoms with E-state index in [0.717, 1.165) is 5.69 Å². The minimum atomic E-state index is -0.381. The van der Waals surface area contributed by atoms with Gasteiger partial charge in [0.05, 0.1) is 12.4 Å². The first-order valence-corrected chi connectivity index (χ1v) is 5.45. The smallest absolute Gasteiger partial charge is 0.305 e. The number of para-hydroxylation sites is 1. The number of hydrogen-bond donors (Lipinski definition) is 2. The van der Waals surface area contributed by atoms with E-state index in [2.05, 4.69) is 15.8 Å². The Balaban J connectivity index is 1.84. The van der Waals surface area contributed by atoms with Gasteiger partial charge < -0.3 is 5.32 Å². The van der Waals surface area contributed by atoms with Crippen LogP contribution in [0.3, 0.4) is 0 Å². The van der Waals surface area contributed by atoms with E-state index in [-0.39, 0.29) is 6.03 Å². The maximum atomic E-state index is 11.5. The first kappa shape index (κ1) is 11.8. The zero-order valence-electron chi connectivity index (χ0n) is 9.65. The Labute approximate surface area is 105 Å². The van der Waals surface area contributed by atoms with Gasteiger partial charge in [-0.3, -0.25) is 0 Å². The van der Waals surface area contributed by atoms with Gasteiger partial charge in [-0.2, -0.15) is 0 Å². The molecule has 2 aromatic rings. The summed E-state index contributed by atoms with van der Waals surface area (Å²) in [4.78, 5) is 11.5. The SMILES string of the molecule is O=C(NN=C[n+]1ccccc1)Nc1ccccc1. The molecule has 0 aliphatic rings. The quantitative estimate of drug-likeness (QED) is 0.364. The predicted octanol–water partition coefficient (Wildman–Crippen LogP) is 1.59. The molecule has 1 heterocycles. The highest BCUT2D eigenvalue weighted by Gasteiger charge is 2.01. The molecule has 1 aromatic heterocycles. The molecule has 90 valence electrons. The van der Waals surface area contributed by atoms with Gasteiger partial charge in [0.1, 0.15) is 0 Å². The van der Waals surface area contributed by atoms with E-state index in [1.807, 2.05) is 48.8 Å². The number of benzene rings is 1. The van der Waals surface area contributed by atoms with Crippen LogP contribution in [-0.2, 0) is 0 Å². The molecular weight excluding hydrogens is 228 g/mol. The number of pyridine rings is 1. The van der Waals surface area contributed by atoms with Crippen molar-refractivity contribution in [3.63, 3.8) is 0 Å². The molecule has 0 spiro atoms. The van der Waals surface area contributed by atoms with Crippen LogP contribution >= 0.6 is 0 Å². The summed E-state index contributed by atoms with van der Waals surface area (Å²) in [5.41, 5.74) is 3.10. The summed E-state index contributed by atoms with van der Waals surface area (Å²) in [6.07, 6.45) is 5.14. The molecule has 18 heavy (non-hydrogen) atoms. The lowest BCUT2D eigenvalue weighted by Gasteiger charge is -2.00. The lowest BCUT2D eigenvalue weighted by Crippen LogP contribution is -2.34. The van der Waals surface area contributed by atoms with Crippen molar-refractivity contribution in [2.45, 2.75) is 0 Å². The van der Waals surface area contributed by atoms with Crippen LogP contribution in [0.5, 0.6) is 0 Å². The van der Waals surface area contributed by atoms with E-state index in [9.17, 15) is 4.79 Å². The minimum Gasteiger partial charge on any atom is -0.305 e. The van der Waals surface area contributed by atoms with E-state index in [0.29, 0.717) is 0 Å². The number of nitrogens with one attached hydrogen (secondary N) is 2. The number of amides is 2. The van der Waals surface area contributed by atoms with Crippen molar-refractivity contribution in [3.8, 4) is 0 Å². The number of hydrogen-bond acceptors (Lipinski definition) is 2. The van der Waals surface area contributed by atoms with E-state index in [1.54, 1.807) is 16.7 Å². The predicted molar refractivity (Wildman–Crippen MR) is 69.1 cm³/mol. The van der Waals surface area contributed by atoms with Crippen LogP contribution in [0.1, 0.15) is 0 Å². The summed E-state index contributed by atoms with van der Waals surface area (Å²) in [5, 5.41) is 6.47. The molecule has 1 aromatic carbocycles. The average Bonchev–Trinajstić information content (AvgIpc) is 2.41.